The van der Waals surface area contributed by atoms with Crippen LogP contribution in [0.1, 0.15) is 6.92 Å². The molecule has 0 unspecified atom stereocenters. The van der Waals surface area contributed by atoms with Crippen molar-refractivity contribution in [2.24, 2.45) is 0 Å². The maximum Gasteiger partial charge on any atom is 0.114 e. The summed E-state index contributed by atoms with van der Waals surface area (Å²) >= 11 is 0. The Kier molecular flexibility index (Phi) is 1.03. The van der Waals surface area contributed by atoms with Gasteiger partial charge in [0.25, 0.3) is 0 Å². The Labute approximate surface area is 75.5 Å². The quantitative estimate of drug-likeness (QED) is 0.407. The van der Waals surface area contributed by atoms with Crippen molar-refractivity contribution in [1.82, 2.24) is 0 Å². The first-order valence-corrected chi connectivity index (χ1v) is 8.32. The highest BCUT2D eigenvalue weighted by atomic mass is 31.1. The summed E-state index contributed by atoms with van der Waals surface area (Å²) in [6.45, 7) is 7.25. The lowest BCUT2D eigenvalue weighted by Gasteiger charge is -2.35. The van der Waals surface area contributed by atoms with E-state index >= 15 is 0 Å². The van der Waals surface area contributed by atoms with Gasteiger partial charge in [-0.05, 0) is 34.8 Å². The molecule has 0 atom stereocenters. The summed E-state index contributed by atoms with van der Waals surface area (Å²) in [4.78, 5) is 0. The molecule has 0 spiro atoms. The third-order valence-corrected chi connectivity index (χ3v) is 8.21. The van der Waals surface area contributed by atoms with E-state index < -0.39 is 8.07 Å². The van der Waals surface area contributed by atoms with Gasteiger partial charge < -0.3 is 0 Å². The number of allylic oxidation sites excluding steroid dienone is 5. The zero-order chi connectivity index (χ0) is 8.51. The van der Waals surface area contributed by atoms with E-state index in [9.17, 15) is 0 Å². The molecule has 1 aliphatic carbocycles. The molecule has 12 heavy (non-hydrogen) atoms. The van der Waals surface area contributed by atoms with Crippen LogP contribution in [0.15, 0.2) is 33.4 Å². The van der Waals surface area contributed by atoms with Crippen LogP contribution in [0.5, 0.6) is 0 Å². The fourth-order valence-electron chi connectivity index (χ4n) is 2.87. The molecule has 0 N–H and O–H groups in total. The Hall–Kier alpha value is -0.393. The van der Waals surface area contributed by atoms with Gasteiger partial charge in [-0.25, -0.2) is 0 Å². The molecule has 2 bridgehead atoms. The first kappa shape index (κ1) is 7.05. The summed E-state index contributed by atoms with van der Waals surface area (Å²) in [6, 6.07) is 0. The van der Waals surface area contributed by atoms with E-state index in [1.807, 2.05) is 0 Å². The molecule has 3 aliphatic heterocycles. The summed E-state index contributed by atoms with van der Waals surface area (Å²) in [5.74, 6) is 2.28. The second kappa shape index (κ2) is 1.76. The van der Waals surface area contributed by atoms with Crippen molar-refractivity contribution in [1.29, 1.82) is 0 Å². The molecule has 0 amide bonds. The fraction of sp³-hybridized carbons (Fsp3) is 0.300. The molecule has 4 rings (SSSR count). The summed E-state index contributed by atoms with van der Waals surface area (Å²) in [5, 5.41) is 5.16. The second-order valence-corrected chi connectivity index (χ2v) is 9.46. The van der Waals surface area contributed by atoms with Crippen LogP contribution in [-0.2, 0) is 0 Å². The first-order chi connectivity index (χ1) is 5.64. The van der Waals surface area contributed by atoms with Crippen LogP contribution in [0.3, 0.4) is 0 Å². The Morgan fingerprint density at radius 3 is 2.58 bits per heavy atom. The van der Waals surface area contributed by atoms with Gasteiger partial charge in [0.2, 0.25) is 0 Å². The summed E-state index contributed by atoms with van der Waals surface area (Å²) < 4.78 is 0. The van der Waals surface area contributed by atoms with E-state index in [4.69, 9.17) is 0 Å². The van der Waals surface area contributed by atoms with Gasteiger partial charge in [0.15, 0.2) is 0 Å². The largest absolute Gasteiger partial charge is 0.114 e. The Morgan fingerprint density at radius 1 is 1.25 bits per heavy atom. The molecule has 4 aliphatic rings. The van der Waals surface area contributed by atoms with Gasteiger partial charge in [0, 0.05) is 5.29 Å². The summed E-state index contributed by atoms with van der Waals surface area (Å²) in [5.41, 5.74) is 3.22. The number of hydrogen-bond donors (Lipinski definition) is 0. The summed E-state index contributed by atoms with van der Waals surface area (Å²) in [7, 11) is 0.407. The van der Waals surface area contributed by atoms with E-state index in [0.29, 0.717) is 0 Å². The van der Waals surface area contributed by atoms with E-state index in [2.05, 4.69) is 31.9 Å². The minimum atomic E-state index is -1.04. The maximum atomic E-state index is 2.48. The smallest absolute Gasteiger partial charge is 0.0679 e. The van der Waals surface area contributed by atoms with E-state index in [0.717, 1.165) is 0 Å². The van der Waals surface area contributed by atoms with Gasteiger partial charge in [-0.1, -0.05) is 26.9 Å². The molecule has 60 valence electrons. The average Bonchev–Trinajstić information content (AvgIpc) is 2.48. The van der Waals surface area contributed by atoms with E-state index in [1.165, 1.54) is 8.20 Å². The summed E-state index contributed by atoms with van der Waals surface area (Å²) in [6.07, 6.45) is 2.32. The van der Waals surface area contributed by atoms with Crippen molar-refractivity contribution in [2.75, 3.05) is 0 Å². The van der Waals surface area contributed by atoms with E-state index in [1.54, 1.807) is 26.8 Å². The highest BCUT2D eigenvalue weighted by Crippen LogP contribution is 2.55. The van der Waals surface area contributed by atoms with Crippen LogP contribution in [0.4, 0.5) is 0 Å². The van der Waals surface area contributed by atoms with Gasteiger partial charge in [-0.2, -0.15) is 0 Å². The van der Waals surface area contributed by atoms with Gasteiger partial charge in [-0.3, -0.25) is 0 Å². The van der Waals surface area contributed by atoms with Crippen LogP contribution < -0.4 is 0 Å². The minimum Gasteiger partial charge on any atom is -0.0679 e. The lowest BCUT2D eigenvalue weighted by atomic mass is 10.2. The molecule has 0 aromatic rings. The van der Waals surface area contributed by atoms with Crippen molar-refractivity contribution < 1.29 is 0 Å². The van der Waals surface area contributed by atoms with Crippen molar-refractivity contribution in [3.63, 3.8) is 0 Å². The number of hydrogen-bond acceptors (Lipinski definition) is 0. The van der Waals surface area contributed by atoms with Crippen LogP contribution in [0, 0.1) is 0 Å². The van der Waals surface area contributed by atoms with Crippen LogP contribution in [0.25, 0.3) is 0 Å². The van der Waals surface area contributed by atoms with Gasteiger partial charge >= 0.3 is 0 Å². The van der Waals surface area contributed by atoms with Gasteiger partial charge in [0.1, 0.15) is 8.07 Å². The topological polar surface area (TPSA) is 0 Å². The third-order valence-electron chi connectivity index (χ3n) is 3.21. The zero-order valence-corrected chi connectivity index (χ0v) is 9.50. The van der Waals surface area contributed by atoms with Crippen molar-refractivity contribution >= 4 is 21.6 Å². The van der Waals surface area contributed by atoms with E-state index in [-0.39, 0.29) is 0 Å². The Balaban J connectivity index is 2.37. The predicted octanol–water partition coefficient (Wildman–Crippen LogP) is 3.06. The molecule has 0 nitrogen and oxygen atoms in total. The predicted molar refractivity (Wildman–Crippen MR) is 58.3 cm³/mol. The molecule has 3 heterocycles. The standard InChI is InChI=1S/C10H11PSi/c1-6-9-7-4-5-11-8(7)10(6)12(9,2)3/h4-5H,1-3H3. The minimum absolute atomic E-state index is 1.04. The first-order valence-electron chi connectivity index (χ1n) is 4.35. The lowest BCUT2D eigenvalue weighted by molar-refractivity contribution is 1.39. The van der Waals surface area contributed by atoms with Crippen LogP contribution in [-0.4, -0.2) is 13.4 Å². The van der Waals surface area contributed by atoms with Crippen LogP contribution >= 0.6 is 8.20 Å². The molecule has 0 saturated heterocycles. The number of rotatable bonds is 0. The average molecular weight is 190 g/mol. The monoisotopic (exact) mass is 190 g/mol. The fourth-order valence-corrected chi connectivity index (χ4v) is 8.80. The second-order valence-electron chi connectivity index (χ2n) is 4.21. The SMILES string of the molecule is CC1=C2C3=PC=CC3=C1[Si]2(C)C. The maximum absolute atomic E-state index is 2.48. The normalized spacial score (nSPS) is 29.1. The lowest BCUT2D eigenvalue weighted by Crippen LogP contribution is -2.39. The van der Waals surface area contributed by atoms with Crippen molar-refractivity contribution in [3.05, 3.63) is 33.4 Å². The zero-order valence-electron chi connectivity index (χ0n) is 7.60. The Bertz CT molecular complexity index is 419. The molecule has 0 fully saturated rings. The van der Waals surface area contributed by atoms with Gasteiger partial charge in [0.05, 0.1) is 0 Å². The Morgan fingerprint density at radius 2 is 2.00 bits per heavy atom. The van der Waals surface area contributed by atoms with Crippen molar-refractivity contribution in [2.45, 2.75) is 20.0 Å². The highest BCUT2D eigenvalue weighted by Gasteiger charge is 2.51. The molecule has 0 aromatic heterocycles. The molecule has 0 radical (unpaired) electrons. The van der Waals surface area contributed by atoms with Gasteiger partial charge in [-0.15, -0.1) is 0 Å². The third kappa shape index (κ3) is 0.503. The molecular formula is C10H11PSi. The van der Waals surface area contributed by atoms with Crippen LogP contribution in [0.2, 0.25) is 13.1 Å². The highest BCUT2D eigenvalue weighted by molar-refractivity contribution is 7.48. The molecular weight excluding hydrogens is 179 g/mol. The molecule has 0 saturated carbocycles. The molecule has 2 heteroatoms. The molecule has 0 aromatic carbocycles. The van der Waals surface area contributed by atoms with Crippen molar-refractivity contribution in [3.8, 4) is 0 Å².